The van der Waals surface area contributed by atoms with Gasteiger partial charge < -0.3 is 25.3 Å². The Hall–Kier alpha value is -3.11. The molecule has 3 N–H and O–H groups in total. The van der Waals surface area contributed by atoms with E-state index in [-0.39, 0.29) is 19.5 Å². The van der Waals surface area contributed by atoms with Crippen molar-refractivity contribution in [1.82, 2.24) is 15.5 Å². The van der Waals surface area contributed by atoms with E-state index in [0.29, 0.717) is 28.5 Å². The second-order valence-electron chi connectivity index (χ2n) is 6.91. The first-order valence-corrected chi connectivity index (χ1v) is 10.7. The van der Waals surface area contributed by atoms with Crippen LogP contribution in [0, 0.1) is 5.92 Å². The lowest BCUT2D eigenvalue weighted by Crippen LogP contribution is -2.51. The highest BCUT2D eigenvalue weighted by atomic mass is 35.5. The zero-order chi connectivity index (χ0) is 25.0. The third-order valence-electron chi connectivity index (χ3n) is 4.92. The molecule has 1 saturated heterocycles. The fourth-order valence-electron chi connectivity index (χ4n) is 3.32. The highest BCUT2D eigenvalue weighted by molar-refractivity contribution is 6.30. The molecule has 11 heteroatoms. The number of amides is 4. The smallest absolute Gasteiger partial charge is 0.325 e. The van der Waals surface area contributed by atoms with Crippen LogP contribution in [-0.4, -0.2) is 67.9 Å². The number of rotatable bonds is 8. The van der Waals surface area contributed by atoms with Crippen LogP contribution in [0.1, 0.15) is 25.8 Å². The Morgan fingerprint density at radius 3 is 2.73 bits per heavy atom. The van der Waals surface area contributed by atoms with Gasteiger partial charge in [0.1, 0.15) is 12.3 Å². The molecule has 0 aliphatic carbocycles. The molecule has 1 aromatic rings. The van der Waals surface area contributed by atoms with Gasteiger partial charge in [0.15, 0.2) is 5.76 Å². The van der Waals surface area contributed by atoms with Crippen LogP contribution in [0.25, 0.3) is 0 Å². The molecule has 1 aliphatic rings. The monoisotopic (exact) mass is 482 g/mol. The molecule has 182 valence electrons. The number of carbonyl (C=O) groups is 3. The van der Waals surface area contributed by atoms with Crippen LogP contribution in [0.15, 0.2) is 35.2 Å². The summed E-state index contributed by atoms with van der Waals surface area (Å²) in [6, 6.07) is 3.87. The summed E-state index contributed by atoms with van der Waals surface area (Å²) in [5.41, 5.74) is 0.706. The van der Waals surface area contributed by atoms with Crippen LogP contribution in [0.4, 0.5) is 4.79 Å². The number of ether oxygens (including phenoxy) is 1. The highest BCUT2D eigenvalue weighted by Gasteiger charge is 2.35. The summed E-state index contributed by atoms with van der Waals surface area (Å²) in [7, 11) is 2.52. The van der Waals surface area contributed by atoms with Gasteiger partial charge in [-0.2, -0.15) is 0 Å². The van der Waals surface area contributed by atoms with Gasteiger partial charge in [-0.15, -0.1) is 0 Å². The number of aliphatic hydroxyl groups excluding tert-OH is 1. The van der Waals surface area contributed by atoms with Gasteiger partial charge >= 0.3 is 6.03 Å². The van der Waals surface area contributed by atoms with Gasteiger partial charge in [-0.1, -0.05) is 23.7 Å². The van der Waals surface area contributed by atoms with Crippen molar-refractivity contribution in [3.63, 3.8) is 0 Å². The number of carbonyl (C=O) groups excluding carboxylic acids is 3. The summed E-state index contributed by atoms with van der Waals surface area (Å²) in [4.78, 5) is 44.3. The van der Waals surface area contributed by atoms with Crippen LogP contribution in [0.3, 0.4) is 0 Å². The van der Waals surface area contributed by atoms with Crippen molar-refractivity contribution in [3.05, 3.63) is 40.6 Å². The number of hydrogen-bond donors (Lipinski definition) is 3. The first-order valence-electron chi connectivity index (χ1n) is 10.3. The molecule has 0 spiro atoms. The molecule has 0 radical (unpaired) electrons. The molecule has 1 unspecified atom stereocenters. The Labute approximate surface area is 198 Å². The molecule has 1 fully saturated rings. The van der Waals surface area contributed by atoms with Crippen molar-refractivity contribution in [1.29, 1.82) is 0 Å². The lowest BCUT2D eigenvalue weighted by molar-refractivity contribution is -0.133. The topological polar surface area (TPSA) is 130 Å². The minimum absolute atomic E-state index is 0.0952. The van der Waals surface area contributed by atoms with E-state index < -0.39 is 29.8 Å². The van der Waals surface area contributed by atoms with Crippen molar-refractivity contribution in [2.75, 3.05) is 27.3 Å². The number of oxime groups is 1. The molecule has 33 heavy (non-hydrogen) atoms. The van der Waals surface area contributed by atoms with Gasteiger partial charge in [-0.25, -0.2) is 4.79 Å². The van der Waals surface area contributed by atoms with Gasteiger partial charge in [0.25, 0.3) is 0 Å². The number of hydrogen-bond acceptors (Lipinski definition) is 7. The van der Waals surface area contributed by atoms with E-state index in [4.69, 9.17) is 26.3 Å². The van der Waals surface area contributed by atoms with Crippen molar-refractivity contribution in [2.24, 2.45) is 11.1 Å². The number of nitrogens with one attached hydrogen (secondary N) is 2. The number of nitrogens with zero attached hydrogens (tertiary/aromatic N) is 2. The summed E-state index contributed by atoms with van der Waals surface area (Å²) < 4.78 is 5.35. The fraction of sp³-hybridized carbons (Fsp3) is 0.455. The van der Waals surface area contributed by atoms with E-state index in [1.54, 1.807) is 31.2 Å². The predicted octanol–water partition coefficient (Wildman–Crippen LogP) is 2.10. The molecular weight excluding hydrogens is 452 g/mol. The van der Waals surface area contributed by atoms with Crippen molar-refractivity contribution in [2.45, 2.75) is 32.7 Å². The minimum Gasteiger partial charge on any atom is -0.496 e. The molecule has 0 aromatic heterocycles. The molecule has 0 saturated carbocycles. The number of benzene rings is 1. The van der Waals surface area contributed by atoms with Gasteiger partial charge in [-0.3, -0.25) is 14.5 Å². The largest absolute Gasteiger partial charge is 0.496 e. The van der Waals surface area contributed by atoms with E-state index in [0.717, 1.165) is 12.0 Å². The number of halogens is 1. The summed E-state index contributed by atoms with van der Waals surface area (Å²) in [5, 5.41) is 16.3. The van der Waals surface area contributed by atoms with E-state index in [1.165, 1.54) is 7.11 Å². The Morgan fingerprint density at radius 1 is 1.45 bits per heavy atom. The van der Waals surface area contributed by atoms with E-state index >= 15 is 0 Å². The summed E-state index contributed by atoms with van der Waals surface area (Å²) in [6.45, 7) is 6.56. The average Bonchev–Trinajstić information content (AvgIpc) is 2.96. The van der Waals surface area contributed by atoms with Crippen LogP contribution in [0.2, 0.25) is 5.02 Å². The predicted molar refractivity (Wildman–Crippen MR) is 125 cm³/mol. The Balaban J connectivity index is 0.00000265. The molecule has 2 rings (SSSR count). The van der Waals surface area contributed by atoms with Gasteiger partial charge in [0, 0.05) is 25.4 Å². The van der Waals surface area contributed by atoms with Crippen LogP contribution in [-0.2, 0) is 20.8 Å². The highest BCUT2D eigenvalue weighted by Crippen LogP contribution is 2.26. The Kier molecular flexibility index (Phi) is 12.0. The quantitative estimate of drug-likeness (QED) is 0.295. The average molecular weight is 483 g/mol. The number of imide groups is 1. The molecule has 1 heterocycles. The van der Waals surface area contributed by atoms with Gasteiger partial charge in [-0.05, 0) is 49.6 Å². The summed E-state index contributed by atoms with van der Waals surface area (Å²) in [5.74, 6) is -0.610. The molecular formula is C22H31ClN4O6. The number of methoxy groups -OCH3 is 1. The van der Waals surface area contributed by atoms with Crippen LogP contribution >= 0.6 is 11.6 Å². The maximum absolute atomic E-state index is 13.2. The summed E-state index contributed by atoms with van der Waals surface area (Å²) >= 11 is 6.09. The minimum atomic E-state index is -0.691. The van der Waals surface area contributed by atoms with Crippen molar-refractivity contribution < 1.29 is 29.1 Å². The molecule has 1 aliphatic heterocycles. The fourth-order valence-corrected chi connectivity index (χ4v) is 3.51. The standard InChI is InChI=1S/C21H27ClN4O5.CH4O/c1-5-16(17(6-2)31-23-3)25-21(29)26-12-19(27)24-11-14(20(26)28)9-13-10-15(22)7-8-18(13)30-4;1-2/h6-8,10,14,16H,3,5,9,11-12H2,1-2,4H3,(H,24,27)(H,25,29);2H,1H3/b17-6-;/t14-,16?;/m1./s1. The van der Waals surface area contributed by atoms with E-state index in [9.17, 15) is 14.4 Å². The third kappa shape index (κ3) is 7.76. The third-order valence-corrected chi connectivity index (χ3v) is 5.16. The maximum Gasteiger partial charge on any atom is 0.325 e. The molecule has 4 amide bonds. The SMILES string of the molecule is C=NO/C(=C\C)C(CC)NC(=O)N1CC(=O)NC[C@@H](Cc2cc(Cl)ccc2OC)C1=O.CO. The van der Waals surface area contributed by atoms with Crippen LogP contribution < -0.4 is 15.4 Å². The Morgan fingerprint density at radius 2 is 2.15 bits per heavy atom. The van der Waals surface area contributed by atoms with E-state index in [2.05, 4.69) is 22.5 Å². The van der Waals surface area contributed by atoms with Crippen LogP contribution in [0.5, 0.6) is 5.75 Å². The van der Waals surface area contributed by atoms with Gasteiger partial charge in [0.2, 0.25) is 11.8 Å². The molecule has 1 aromatic carbocycles. The number of allylic oxidation sites excluding steroid dienone is 1. The summed E-state index contributed by atoms with van der Waals surface area (Å²) in [6.07, 6.45) is 2.38. The first kappa shape index (κ1) is 27.9. The molecule has 2 atom stereocenters. The molecule has 0 bridgehead atoms. The number of aliphatic hydroxyl groups is 1. The van der Waals surface area contributed by atoms with Gasteiger partial charge in [0.05, 0.1) is 19.1 Å². The zero-order valence-electron chi connectivity index (χ0n) is 19.3. The number of urea groups is 1. The maximum atomic E-state index is 13.2. The Bertz CT molecular complexity index is 876. The first-order chi connectivity index (χ1) is 15.8. The lowest BCUT2D eigenvalue weighted by atomic mass is 9.97. The zero-order valence-corrected chi connectivity index (χ0v) is 20.0. The lowest BCUT2D eigenvalue weighted by Gasteiger charge is -2.25. The van der Waals surface area contributed by atoms with Crippen molar-refractivity contribution >= 4 is 36.2 Å². The second-order valence-corrected chi connectivity index (χ2v) is 7.34. The van der Waals surface area contributed by atoms with E-state index in [1.807, 2.05) is 6.92 Å². The normalized spacial score (nSPS) is 17.1. The molecule has 10 nitrogen and oxygen atoms in total. The second kappa shape index (κ2) is 14.1. The van der Waals surface area contributed by atoms with Crippen molar-refractivity contribution in [3.8, 4) is 5.75 Å².